The number of nitrogens with zero attached hydrogens (tertiary/aromatic N) is 2. The van der Waals surface area contributed by atoms with Crippen LogP contribution >= 0.6 is 11.7 Å². The van der Waals surface area contributed by atoms with Gasteiger partial charge in [0, 0.05) is 6.42 Å². The molecule has 2 unspecified atom stereocenters. The molecule has 0 aliphatic heterocycles. The van der Waals surface area contributed by atoms with E-state index in [0.29, 0.717) is 6.42 Å². The first-order valence-corrected chi connectivity index (χ1v) is 6.70. The number of carbonyl (C=O) groups excluding carboxylic acids is 1. The zero-order valence-corrected chi connectivity index (χ0v) is 11.3. The quantitative estimate of drug-likeness (QED) is 0.862. The Balaban J connectivity index is 1.89. The third kappa shape index (κ3) is 3.84. The monoisotopic (exact) mass is 277 g/mol. The van der Waals surface area contributed by atoms with Crippen LogP contribution in [0.2, 0.25) is 0 Å². The van der Waals surface area contributed by atoms with E-state index in [-0.39, 0.29) is 17.6 Å². The molecule has 0 saturated carbocycles. The summed E-state index contributed by atoms with van der Waals surface area (Å²) in [5.74, 6) is -0.312. The molecule has 0 fully saturated rings. The summed E-state index contributed by atoms with van der Waals surface area (Å²) in [5, 5.41) is 12.8. The molecule has 2 atom stereocenters. The summed E-state index contributed by atoms with van der Waals surface area (Å²) in [7, 11) is 0. The molecule has 2 aromatic rings. The van der Waals surface area contributed by atoms with Crippen LogP contribution < -0.4 is 5.32 Å². The van der Waals surface area contributed by atoms with Crippen molar-refractivity contribution in [3.63, 3.8) is 0 Å². The van der Waals surface area contributed by atoms with Crippen molar-refractivity contribution in [3.8, 4) is 0 Å². The summed E-state index contributed by atoms with van der Waals surface area (Å²) < 4.78 is 7.62. The van der Waals surface area contributed by atoms with Gasteiger partial charge < -0.3 is 10.4 Å². The highest BCUT2D eigenvalue weighted by atomic mass is 32.1. The van der Waals surface area contributed by atoms with Crippen molar-refractivity contribution in [2.45, 2.75) is 25.5 Å². The molecule has 6 heteroatoms. The molecule has 0 bridgehead atoms. The van der Waals surface area contributed by atoms with Gasteiger partial charge in [0.05, 0.1) is 30.1 Å². The van der Waals surface area contributed by atoms with E-state index >= 15 is 0 Å². The molecule has 1 amide bonds. The van der Waals surface area contributed by atoms with Gasteiger partial charge in [-0.2, -0.15) is 8.75 Å². The maximum absolute atomic E-state index is 11.8. The molecule has 2 N–H and O–H groups in total. The lowest BCUT2D eigenvalue weighted by molar-refractivity contribution is 0.0848. The molecule has 1 aromatic carbocycles. The molecule has 2 rings (SSSR count). The summed E-state index contributed by atoms with van der Waals surface area (Å²) in [6.07, 6.45) is 1.27. The molecule has 0 spiro atoms. The van der Waals surface area contributed by atoms with Gasteiger partial charge in [-0.05, 0) is 12.5 Å². The van der Waals surface area contributed by atoms with E-state index in [0.717, 1.165) is 17.3 Å². The van der Waals surface area contributed by atoms with Gasteiger partial charge in [0.25, 0.3) is 5.91 Å². The van der Waals surface area contributed by atoms with Gasteiger partial charge in [-0.3, -0.25) is 4.79 Å². The van der Waals surface area contributed by atoms with Crippen LogP contribution in [-0.4, -0.2) is 31.9 Å². The van der Waals surface area contributed by atoms with Crippen molar-refractivity contribution in [1.29, 1.82) is 0 Å². The fourth-order valence-corrected chi connectivity index (χ4v) is 2.09. The maximum atomic E-state index is 11.8. The standard InChI is InChI=1S/C13H15N3O2S/c1-9(15-13(18)11-8-14-19-16-11)12(17)7-10-5-3-2-4-6-10/h2-6,8-9,12,17H,7H2,1H3,(H,15,18). The Morgan fingerprint density at radius 3 is 2.79 bits per heavy atom. The topological polar surface area (TPSA) is 75.1 Å². The molecule has 1 heterocycles. The minimum atomic E-state index is -0.641. The molecular weight excluding hydrogens is 262 g/mol. The van der Waals surface area contributed by atoms with Crippen LogP contribution in [0.4, 0.5) is 0 Å². The molecule has 5 nitrogen and oxygen atoms in total. The minimum absolute atomic E-state index is 0.281. The van der Waals surface area contributed by atoms with Crippen molar-refractivity contribution in [1.82, 2.24) is 14.1 Å². The Kier molecular flexibility index (Phi) is 4.59. The molecule has 0 saturated heterocycles. The summed E-state index contributed by atoms with van der Waals surface area (Å²) in [4.78, 5) is 11.8. The summed E-state index contributed by atoms with van der Waals surface area (Å²) in [6.45, 7) is 1.77. The highest BCUT2D eigenvalue weighted by Gasteiger charge is 2.18. The molecule has 0 aliphatic carbocycles. The molecule has 19 heavy (non-hydrogen) atoms. The second-order valence-electron chi connectivity index (χ2n) is 4.31. The van der Waals surface area contributed by atoms with Crippen LogP contribution in [0.25, 0.3) is 0 Å². The van der Waals surface area contributed by atoms with Crippen molar-refractivity contribution < 1.29 is 9.90 Å². The van der Waals surface area contributed by atoms with Gasteiger partial charge in [0.2, 0.25) is 0 Å². The average Bonchev–Trinajstić information content (AvgIpc) is 2.93. The van der Waals surface area contributed by atoms with Gasteiger partial charge >= 0.3 is 0 Å². The SMILES string of the molecule is CC(NC(=O)c1cnsn1)C(O)Cc1ccccc1. The van der Waals surface area contributed by atoms with E-state index in [1.807, 2.05) is 30.3 Å². The number of hydrogen-bond acceptors (Lipinski definition) is 5. The zero-order valence-electron chi connectivity index (χ0n) is 10.5. The van der Waals surface area contributed by atoms with Gasteiger partial charge in [0.15, 0.2) is 5.69 Å². The van der Waals surface area contributed by atoms with Gasteiger partial charge in [-0.15, -0.1) is 0 Å². The van der Waals surface area contributed by atoms with E-state index < -0.39 is 6.10 Å². The van der Waals surface area contributed by atoms with Gasteiger partial charge in [-0.1, -0.05) is 30.3 Å². The highest BCUT2D eigenvalue weighted by molar-refractivity contribution is 6.99. The third-order valence-electron chi connectivity index (χ3n) is 2.82. The fraction of sp³-hybridized carbons (Fsp3) is 0.308. The summed E-state index contributed by atoms with van der Waals surface area (Å²) in [6, 6.07) is 9.31. The first-order chi connectivity index (χ1) is 9.16. The number of benzene rings is 1. The first-order valence-electron chi connectivity index (χ1n) is 5.97. The number of aliphatic hydroxyl groups is 1. The lowest BCUT2D eigenvalue weighted by Crippen LogP contribution is -2.42. The largest absolute Gasteiger partial charge is 0.391 e. The second kappa shape index (κ2) is 6.40. The van der Waals surface area contributed by atoms with Crippen LogP contribution in [-0.2, 0) is 6.42 Å². The first kappa shape index (κ1) is 13.6. The Hall–Kier alpha value is -1.79. The number of amides is 1. The van der Waals surface area contributed by atoms with Crippen LogP contribution in [0.1, 0.15) is 23.0 Å². The van der Waals surface area contributed by atoms with Crippen molar-refractivity contribution in [2.24, 2.45) is 0 Å². The number of nitrogens with one attached hydrogen (secondary N) is 1. The number of aliphatic hydroxyl groups excluding tert-OH is 1. The van der Waals surface area contributed by atoms with Gasteiger partial charge in [-0.25, -0.2) is 0 Å². The van der Waals surface area contributed by atoms with Crippen LogP contribution in [0.3, 0.4) is 0 Å². The van der Waals surface area contributed by atoms with Gasteiger partial charge in [0.1, 0.15) is 0 Å². The Bertz CT molecular complexity index is 516. The van der Waals surface area contributed by atoms with E-state index in [2.05, 4.69) is 14.1 Å². The van der Waals surface area contributed by atoms with Crippen LogP contribution in [0, 0.1) is 0 Å². The zero-order chi connectivity index (χ0) is 13.7. The van der Waals surface area contributed by atoms with E-state index in [1.54, 1.807) is 6.92 Å². The number of aromatic nitrogens is 2. The van der Waals surface area contributed by atoms with E-state index in [9.17, 15) is 9.90 Å². The molecule has 1 aromatic heterocycles. The average molecular weight is 277 g/mol. The highest BCUT2D eigenvalue weighted by Crippen LogP contribution is 2.06. The molecular formula is C13H15N3O2S. The predicted molar refractivity (Wildman–Crippen MR) is 73.0 cm³/mol. The lowest BCUT2D eigenvalue weighted by atomic mass is 10.0. The van der Waals surface area contributed by atoms with Crippen LogP contribution in [0.15, 0.2) is 36.5 Å². The second-order valence-corrected chi connectivity index (χ2v) is 4.87. The summed E-state index contributed by atoms with van der Waals surface area (Å²) >= 11 is 0.983. The van der Waals surface area contributed by atoms with Crippen molar-refractivity contribution >= 4 is 17.6 Å². The maximum Gasteiger partial charge on any atom is 0.272 e. The normalized spacial score (nSPS) is 13.8. The van der Waals surface area contributed by atoms with E-state index in [4.69, 9.17) is 0 Å². The molecule has 0 aliphatic rings. The number of hydrogen-bond donors (Lipinski definition) is 2. The lowest BCUT2D eigenvalue weighted by Gasteiger charge is -2.19. The smallest absolute Gasteiger partial charge is 0.272 e. The predicted octanol–water partition coefficient (Wildman–Crippen LogP) is 1.26. The van der Waals surface area contributed by atoms with Crippen LogP contribution in [0.5, 0.6) is 0 Å². The number of rotatable bonds is 5. The Morgan fingerprint density at radius 1 is 1.42 bits per heavy atom. The molecule has 0 radical (unpaired) electrons. The van der Waals surface area contributed by atoms with Crippen molar-refractivity contribution in [2.75, 3.05) is 0 Å². The minimum Gasteiger partial charge on any atom is -0.391 e. The third-order valence-corrected chi connectivity index (χ3v) is 3.30. The fourth-order valence-electron chi connectivity index (χ4n) is 1.67. The summed E-state index contributed by atoms with van der Waals surface area (Å²) in [5.41, 5.74) is 1.31. The van der Waals surface area contributed by atoms with E-state index in [1.165, 1.54) is 6.20 Å². The Morgan fingerprint density at radius 2 is 2.16 bits per heavy atom. The van der Waals surface area contributed by atoms with Crippen molar-refractivity contribution in [3.05, 3.63) is 47.8 Å². The molecule has 100 valence electrons. The number of carbonyl (C=O) groups is 1. The Labute approximate surface area is 115 Å².